The number of nitrogens with one attached hydrogen (secondary N) is 2. The summed E-state index contributed by atoms with van der Waals surface area (Å²) in [4.78, 5) is 4.69. The molecule has 0 amide bonds. The number of benzene rings is 2. The van der Waals surface area contributed by atoms with Gasteiger partial charge in [0, 0.05) is 17.8 Å². The van der Waals surface area contributed by atoms with Crippen molar-refractivity contribution in [1.82, 2.24) is 9.71 Å². The van der Waals surface area contributed by atoms with Crippen LogP contribution in [0.3, 0.4) is 0 Å². The number of pyridine rings is 1. The van der Waals surface area contributed by atoms with Crippen LogP contribution < -0.4 is 10.0 Å². The topological polar surface area (TPSA) is 91.3 Å². The summed E-state index contributed by atoms with van der Waals surface area (Å²) >= 11 is 0. The number of aliphatic hydroxyl groups is 1. The van der Waals surface area contributed by atoms with Crippen LogP contribution in [0.5, 0.6) is 0 Å². The Bertz CT molecular complexity index is 1180. The van der Waals surface area contributed by atoms with E-state index in [0.29, 0.717) is 13.0 Å². The molecule has 162 valence electrons. The van der Waals surface area contributed by atoms with E-state index >= 15 is 0 Å². The van der Waals surface area contributed by atoms with Crippen molar-refractivity contribution >= 4 is 15.7 Å². The number of aliphatic hydroxyl groups excluding tert-OH is 1. The molecule has 1 aliphatic rings. The molecule has 0 saturated carbocycles. The number of fused-ring (bicyclic) bond motifs is 1. The first-order chi connectivity index (χ1) is 14.9. The summed E-state index contributed by atoms with van der Waals surface area (Å²) in [6, 6.07) is 17.8. The van der Waals surface area contributed by atoms with Crippen molar-refractivity contribution in [3.8, 4) is 0 Å². The van der Waals surface area contributed by atoms with Crippen LogP contribution in [0.15, 0.2) is 65.6 Å². The van der Waals surface area contributed by atoms with Crippen LogP contribution in [0.25, 0.3) is 0 Å². The van der Waals surface area contributed by atoms with Gasteiger partial charge < -0.3 is 10.4 Å². The van der Waals surface area contributed by atoms with Gasteiger partial charge in [0.2, 0.25) is 10.0 Å². The first-order valence-electron chi connectivity index (χ1n) is 10.4. The summed E-state index contributed by atoms with van der Waals surface area (Å²) in [5, 5.41) is 13.9. The summed E-state index contributed by atoms with van der Waals surface area (Å²) in [5.74, 6) is 0. The molecule has 2 aromatic carbocycles. The van der Waals surface area contributed by atoms with Crippen molar-refractivity contribution in [1.29, 1.82) is 0 Å². The van der Waals surface area contributed by atoms with E-state index in [0.717, 1.165) is 40.2 Å². The maximum atomic E-state index is 12.9. The highest BCUT2D eigenvalue weighted by molar-refractivity contribution is 7.89. The lowest BCUT2D eigenvalue weighted by Crippen LogP contribution is -2.33. The summed E-state index contributed by atoms with van der Waals surface area (Å²) in [6.45, 7) is 4.53. The van der Waals surface area contributed by atoms with Gasteiger partial charge in [-0.2, -0.15) is 0 Å². The van der Waals surface area contributed by atoms with E-state index in [9.17, 15) is 13.5 Å². The zero-order chi connectivity index (χ0) is 22.0. The molecule has 0 unspecified atom stereocenters. The standard InChI is InChI=1S/C24H27N3O3S/c1-3-17-7-11-21(12-8-17)31(29,30)27-24-22-14-19(10-9-18(22)13-23(24)28)25-15-20-6-4-5-16(2)26-20/h4-12,14,23-25,27-28H,3,13,15H2,1-2H3/t23-,24-/m1/s1. The SMILES string of the molecule is CCc1ccc(S(=O)(=O)N[C@@H]2c3cc(NCc4cccc(C)n4)ccc3C[C@H]2O)cc1. The van der Waals surface area contributed by atoms with Crippen LogP contribution in [0, 0.1) is 6.92 Å². The fraction of sp³-hybridized carbons (Fsp3) is 0.292. The lowest BCUT2D eigenvalue weighted by Gasteiger charge is -2.19. The van der Waals surface area contributed by atoms with Crippen molar-refractivity contribution in [2.24, 2.45) is 0 Å². The number of hydrogen-bond donors (Lipinski definition) is 3. The van der Waals surface area contributed by atoms with Gasteiger partial charge in [-0.1, -0.05) is 31.2 Å². The minimum Gasteiger partial charge on any atom is -0.391 e. The minimum atomic E-state index is -3.76. The first kappa shape index (κ1) is 21.5. The quantitative estimate of drug-likeness (QED) is 0.526. The number of anilines is 1. The molecule has 0 radical (unpaired) electrons. The Morgan fingerprint density at radius 3 is 2.58 bits per heavy atom. The van der Waals surface area contributed by atoms with Gasteiger partial charge in [-0.15, -0.1) is 0 Å². The molecule has 1 aromatic heterocycles. The Morgan fingerprint density at radius 2 is 1.87 bits per heavy atom. The van der Waals surface area contributed by atoms with Crippen molar-refractivity contribution in [3.05, 3.63) is 88.7 Å². The molecule has 0 fully saturated rings. The average molecular weight is 438 g/mol. The maximum Gasteiger partial charge on any atom is 0.241 e. The molecular weight excluding hydrogens is 410 g/mol. The normalized spacial score (nSPS) is 18.0. The second-order valence-corrected chi connectivity index (χ2v) is 9.62. The van der Waals surface area contributed by atoms with E-state index in [2.05, 4.69) is 15.0 Å². The fourth-order valence-corrected chi connectivity index (χ4v) is 5.15. The Morgan fingerprint density at radius 1 is 1.10 bits per heavy atom. The predicted molar refractivity (Wildman–Crippen MR) is 121 cm³/mol. The number of sulfonamides is 1. The maximum absolute atomic E-state index is 12.9. The molecule has 0 spiro atoms. The molecule has 1 aliphatic carbocycles. The fourth-order valence-electron chi connectivity index (χ4n) is 3.90. The highest BCUT2D eigenvalue weighted by atomic mass is 32.2. The predicted octanol–water partition coefficient (Wildman–Crippen LogP) is 3.50. The van der Waals surface area contributed by atoms with Crippen molar-refractivity contribution in [2.45, 2.75) is 50.3 Å². The molecule has 0 aliphatic heterocycles. The van der Waals surface area contributed by atoms with Crippen LogP contribution in [-0.4, -0.2) is 24.6 Å². The molecule has 0 bridgehead atoms. The summed E-state index contributed by atoms with van der Waals surface area (Å²) < 4.78 is 28.6. The Labute approximate surface area is 183 Å². The van der Waals surface area contributed by atoms with Gasteiger partial charge in [0.05, 0.1) is 29.3 Å². The molecule has 3 N–H and O–H groups in total. The van der Waals surface area contributed by atoms with E-state index in [1.54, 1.807) is 12.1 Å². The van der Waals surface area contributed by atoms with E-state index in [1.165, 1.54) is 0 Å². The number of hydrogen-bond acceptors (Lipinski definition) is 5. The molecule has 2 atom stereocenters. The molecule has 0 saturated heterocycles. The number of rotatable bonds is 7. The number of aryl methyl sites for hydroxylation is 2. The molecule has 7 heteroatoms. The van der Waals surface area contributed by atoms with Gasteiger partial charge >= 0.3 is 0 Å². The van der Waals surface area contributed by atoms with Crippen LogP contribution in [0.4, 0.5) is 5.69 Å². The summed E-state index contributed by atoms with van der Waals surface area (Å²) in [7, 11) is -3.76. The van der Waals surface area contributed by atoms with Crippen LogP contribution in [-0.2, 0) is 29.4 Å². The Kier molecular flexibility index (Phi) is 6.09. The molecule has 4 rings (SSSR count). The third-order valence-electron chi connectivity index (χ3n) is 5.64. The van der Waals surface area contributed by atoms with Crippen LogP contribution in [0.1, 0.15) is 41.0 Å². The molecular formula is C24H27N3O3S. The van der Waals surface area contributed by atoms with Gasteiger partial charge in [-0.05, 0) is 66.4 Å². The zero-order valence-electron chi connectivity index (χ0n) is 17.7. The second kappa shape index (κ2) is 8.78. The van der Waals surface area contributed by atoms with E-state index < -0.39 is 22.2 Å². The third kappa shape index (κ3) is 4.79. The molecule has 3 aromatic rings. The van der Waals surface area contributed by atoms with Gasteiger partial charge in [0.25, 0.3) is 0 Å². The Hall–Kier alpha value is -2.74. The largest absolute Gasteiger partial charge is 0.391 e. The van der Waals surface area contributed by atoms with Gasteiger partial charge in [0.15, 0.2) is 0 Å². The van der Waals surface area contributed by atoms with E-state index in [1.807, 2.05) is 62.4 Å². The van der Waals surface area contributed by atoms with E-state index in [4.69, 9.17) is 0 Å². The zero-order valence-corrected chi connectivity index (χ0v) is 18.5. The molecule has 6 nitrogen and oxygen atoms in total. The lowest BCUT2D eigenvalue weighted by atomic mass is 10.1. The van der Waals surface area contributed by atoms with Crippen molar-refractivity contribution in [3.63, 3.8) is 0 Å². The van der Waals surface area contributed by atoms with Crippen LogP contribution in [0.2, 0.25) is 0 Å². The first-order valence-corrected chi connectivity index (χ1v) is 11.9. The lowest BCUT2D eigenvalue weighted by molar-refractivity contribution is 0.151. The van der Waals surface area contributed by atoms with Gasteiger partial charge in [0.1, 0.15) is 0 Å². The smallest absolute Gasteiger partial charge is 0.241 e. The van der Waals surface area contributed by atoms with Crippen molar-refractivity contribution < 1.29 is 13.5 Å². The van der Waals surface area contributed by atoms with E-state index in [-0.39, 0.29) is 4.90 Å². The summed E-state index contributed by atoms with van der Waals surface area (Å²) in [5.41, 5.74) is 5.55. The van der Waals surface area contributed by atoms with Gasteiger partial charge in [-0.25, -0.2) is 13.1 Å². The molecule has 1 heterocycles. The van der Waals surface area contributed by atoms with Gasteiger partial charge in [-0.3, -0.25) is 4.98 Å². The monoisotopic (exact) mass is 437 g/mol. The van der Waals surface area contributed by atoms with Crippen molar-refractivity contribution in [2.75, 3.05) is 5.32 Å². The molecule has 31 heavy (non-hydrogen) atoms. The highest BCUT2D eigenvalue weighted by Crippen LogP contribution is 2.34. The number of aromatic nitrogens is 1. The Balaban J connectivity index is 1.53. The third-order valence-corrected chi connectivity index (χ3v) is 7.10. The highest BCUT2D eigenvalue weighted by Gasteiger charge is 2.34. The van der Waals surface area contributed by atoms with Crippen LogP contribution >= 0.6 is 0 Å². The average Bonchev–Trinajstić information content (AvgIpc) is 3.06. The minimum absolute atomic E-state index is 0.199. The number of nitrogens with zero attached hydrogens (tertiary/aromatic N) is 1. The summed E-state index contributed by atoms with van der Waals surface area (Å²) in [6.07, 6.45) is 0.446. The second-order valence-electron chi connectivity index (χ2n) is 7.91.